The number of aromatic amines is 1. The van der Waals surface area contributed by atoms with Crippen molar-refractivity contribution in [1.29, 1.82) is 0 Å². The maximum Gasteiger partial charge on any atom is 0.234 e. The molecule has 0 fully saturated rings. The number of aryl methyl sites for hydroxylation is 1. The maximum atomic E-state index is 13.1. The van der Waals surface area contributed by atoms with Crippen LogP contribution in [-0.2, 0) is 9.59 Å². The number of pyridine rings is 2. The number of aromatic nitrogens is 7. The number of anilines is 3. The van der Waals surface area contributed by atoms with Crippen molar-refractivity contribution in [3.63, 3.8) is 0 Å². The number of nitrogens with zero attached hydrogens (tertiary/aromatic N) is 6. The molecule has 2 atom stereocenters. The summed E-state index contributed by atoms with van der Waals surface area (Å²) in [7, 11) is 0. The largest absolute Gasteiger partial charge is 0.370 e. The van der Waals surface area contributed by atoms with Crippen LogP contribution in [-0.4, -0.2) is 46.9 Å². The summed E-state index contributed by atoms with van der Waals surface area (Å²) < 4.78 is 25.5. The molecule has 210 valence electrons. The normalized spacial score (nSPS) is 12.0. The van der Waals surface area contributed by atoms with Crippen molar-refractivity contribution in [2.75, 3.05) is 10.6 Å². The lowest BCUT2D eigenvalue weighted by Gasteiger charge is -2.17. The van der Waals surface area contributed by atoms with Crippen LogP contribution >= 0.6 is 11.6 Å². The Morgan fingerprint density at radius 3 is 2.08 bits per heavy atom. The molecule has 0 saturated carbocycles. The highest BCUT2D eigenvalue weighted by molar-refractivity contribution is 6.28. The van der Waals surface area contributed by atoms with Crippen LogP contribution in [0.1, 0.15) is 42.0 Å². The molecule has 2 unspecified atom stereocenters. The van der Waals surface area contributed by atoms with Gasteiger partial charge < -0.3 is 27.8 Å². The molecular formula is C23H25ClF2N12O2. The quantitative estimate of drug-likeness (QED) is 0.160. The fourth-order valence-corrected chi connectivity index (χ4v) is 3.34. The third-order valence-corrected chi connectivity index (χ3v) is 5.09. The standard InChI is InChI=1S/C15H15ClFN9O.C8H10FN3O/c1-7-4-12(26-25-7)21-15-23-13(16)22-14(24-15)20-10(5-11(18)27)9-3-2-8(17)6-19-9;9-5-1-2-7(12-4-5)6(10)3-8(11)13/h2-4,6,10H,5H2,1H3,(H2,18,27)(H3,20,21,22,23,24,25,26);1-2,4,6H,3,10H2,(H2,11,13). The molecule has 4 aromatic heterocycles. The lowest BCUT2D eigenvalue weighted by Crippen LogP contribution is -2.22. The topological polar surface area (TPSA) is 229 Å². The summed E-state index contributed by atoms with van der Waals surface area (Å²) >= 11 is 5.95. The summed E-state index contributed by atoms with van der Waals surface area (Å²) in [6.45, 7) is 1.84. The van der Waals surface area contributed by atoms with Gasteiger partial charge in [0, 0.05) is 18.2 Å². The van der Waals surface area contributed by atoms with E-state index in [2.05, 4.69) is 45.8 Å². The van der Waals surface area contributed by atoms with E-state index in [0.717, 1.165) is 18.1 Å². The molecule has 0 aliphatic rings. The Balaban J connectivity index is 0.000000285. The van der Waals surface area contributed by atoms with Gasteiger partial charge in [-0.2, -0.15) is 20.1 Å². The van der Waals surface area contributed by atoms with Crippen LogP contribution in [0.4, 0.5) is 26.5 Å². The van der Waals surface area contributed by atoms with E-state index in [4.69, 9.17) is 28.8 Å². The second-order valence-corrected chi connectivity index (χ2v) is 8.60. The number of amides is 2. The highest BCUT2D eigenvalue weighted by atomic mass is 35.5. The lowest BCUT2D eigenvalue weighted by atomic mass is 10.1. The third-order valence-electron chi connectivity index (χ3n) is 4.92. The first-order valence-corrected chi connectivity index (χ1v) is 11.9. The van der Waals surface area contributed by atoms with E-state index in [1.54, 1.807) is 6.07 Å². The Labute approximate surface area is 231 Å². The maximum absolute atomic E-state index is 13.1. The number of carbonyl (C=O) groups is 2. The molecule has 0 aromatic carbocycles. The van der Waals surface area contributed by atoms with Gasteiger partial charge >= 0.3 is 0 Å². The average molecular weight is 575 g/mol. The zero-order chi connectivity index (χ0) is 29.2. The summed E-state index contributed by atoms with van der Waals surface area (Å²) in [5, 5.41) is 12.5. The minimum Gasteiger partial charge on any atom is -0.370 e. The summed E-state index contributed by atoms with van der Waals surface area (Å²) in [5.74, 6) is -1.29. The second-order valence-electron chi connectivity index (χ2n) is 8.26. The van der Waals surface area contributed by atoms with Crippen LogP contribution in [0.2, 0.25) is 5.28 Å². The number of carbonyl (C=O) groups excluding carboxylic acids is 2. The summed E-state index contributed by atoms with van der Waals surface area (Å²) in [6.07, 6.45) is 2.00. The Morgan fingerprint density at radius 1 is 0.950 bits per heavy atom. The van der Waals surface area contributed by atoms with Gasteiger partial charge in [-0.3, -0.25) is 24.7 Å². The summed E-state index contributed by atoms with van der Waals surface area (Å²) in [5.41, 5.74) is 17.5. The van der Waals surface area contributed by atoms with Gasteiger partial charge in [-0.15, -0.1) is 0 Å². The number of halogens is 3. The molecule has 40 heavy (non-hydrogen) atoms. The van der Waals surface area contributed by atoms with Gasteiger partial charge in [0.15, 0.2) is 5.82 Å². The minimum absolute atomic E-state index is 0.0125. The van der Waals surface area contributed by atoms with Crippen molar-refractivity contribution in [2.45, 2.75) is 31.8 Å². The molecule has 9 N–H and O–H groups in total. The van der Waals surface area contributed by atoms with Gasteiger partial charge in [-0.1, -0.05) is 0 Å². The SMILES string of the molecule is Cc1cc(Nc2nc(Cl)nc(NC(CC(N)=O)c3ccc(F)cn3)n2)n[nH]1.NC(=O)CC(N)c1ccc(F)cn1. The minimum atomic E-state index is -0.679. The number of hydrogen-bond acceptors (Lipinski definition) is 11. The predicted octanol–water partition coefficient (Wildman–Crippen LogP) is 1.96. The molecule has 2 amide bonds. The highest BCUT2D eigenvalue weighted by Crippen LogP contribution is 2.21. The van der Waals surface area contributed by atoms with E-state index in [9.17, 15) is 18.4 Å². The smallest absolute Gasteiger partial charge is 0.234 e. The van der Waals surface area contributed by atoms with Crippen LogP contribution in [0, 0.1) is 18.6 Å². The van der Waals surface area contributed by atoms with Gasteiger partial charge in [-0.05, 0) is 42.8 Å². The van der Waals surface area contributed by atoms with Gasteiger partial charge in [0.05, 0.1) is 42.3 Å². The number of hydrogen-bond donors (Lipinski definition) is 6. The lowest BCUT2D eigenvalue weighted by molar-refractivity contribution is -0.119. The van der Waals surface area contributed by atoms with Crippen LogP contribution in [0.25, 0.3) is 0 Å². The molecule has 4 heterocycles. The van der Waals surface area contributed by atoms with E-state index in [0.29, 0.717) is 17.2 Å². The predicted molar refractivity (Wildman–Crippen MR) is 141 cm³/mol. The summed E-state index contributed by atoms with van der Waals surface area (Å²) in [6, 6.07) is 5.85. The molecule has 0 aliphatic carbocycles. The Bertz CT molecular complexity index is 1440. The van der Waals surface area contributed by atoms with Crippen molar-refractivity contribution >= 4 is 41.1 Å². The fraction of sp³-hybridized carbons (Fsp3) is 0.217. The van der Waals surface area contributed by atoms with Crippen molar-refractivity contribution in [3.8, 4) is 0 Å². The van der Waals surface area contributed by atoms with Crippen molar-refractivity contribution in [3.05, 3.63) is 76.7 Å². The van der Waals surface area contributed by atoms with Crippen molar-refractivity contribution < 1.29 is 18.4 Å². The first kappa shape index (κ1) is 29.7. The van der Waals surface area contributed by atoms with Gasteiger partial charge in [0.2, 0.25) is 29.0 Å². The number of nitrogens with one attached hydrogen (secondary N) is 3. The van der Waals surface area contributed by atoms with E-state index in [1.807, 2.05) is 6.92 Å². The number of rotatable bonds is 10. The number of primary amides is 2. The molecule has 0 saturated heterocycles. The van der Waals surface area contributed by atoms with E-state index < -0.39 is 35.5 Å². The molecule has 0 spiro atoms. The number of nitrogens with two attached hydrogens (primary N) is 3. The Hall–Kier alpha value is -4.83. The van der Waals surface area contributed by atoms with Crippen LogP contribution in [0.5, 0.6) is 0 Å². The summed E-state index contributed by atoms with van der Waals surface area (Å²) in [4.78, 5) is 41.7. The molecule has 0 bridgehead atoms. The second kappa shape index (κ2) is 13.8. The molecular weight excluding hydrogens is 550 g/mol. The molecule has 0 aliphatic heterocycles. The molecule has 14 nitrogen and oxygen atoms in total. The van der Waals surface area contributed by atoms with Crippen LogP contribution < -0.4 is 27.8 Å². The number of H-pyrrole nitrogens is 1. The highest BCUT2D eigenvalue weighted by Gasteiger charge is 2.18. The first-order chi connectivity index (χ1) is 19.0. The van der Waals surface area contributed by atoms with Crippen LogP contribution in [0.15, 0.2) is 42.7 Å². The molecule has 4 rings (SSSR count). The molecule has 17 heteroatoms. The zero-order valence-electron chi connectivity index (χ0n) is 21.0. The van der Waals surface area contributed by atoms with Crippen molar-refractivity contribution in [1.82, 2.24) is 35.1 Å². The Kier molecular flexibility index (Phi) is 10.3. The van der Waals surface area contributed by atoms with Crippen LogP contribution in [0.3, 0.4) is 0 Å². The average Bonchev–Trinajstić information content (AvgIpc) is 3.28. The van der Waals surface area contributed by atoms with Crippen molar-refractivity contribution in [2.24, 2.45) is 17.2 Å². The van der Waals surface area contributed by atoms with E-state index >= 15 is 0 Å². The van der Waals surface area contributed by atoms with E-state index in [-0.39, 0.29) is 30.0 Å². The van der Waals surface area contributed by atoms with Gasteiger partial charge in [0.25, 0.3) is 0 Å². The molecule has 0 radical (unpaired) electrons. The fourth-order valence-electron chi connectivity index (χ4n) is 3.18. The van der Waals surface area contributed by atoms with E-state index in [1.165, 1.54) is 24.3 Å². The first-order valence-electron chi connectivity index (χ1n) is 11.5. The zero-order valence-corrected chi connectivity index (χ0v) is 21.7. The van der Waals surface area contributed by atoms with Gasteiger partial charge in [-0.25, -0.2) is 8.78 Å². The Morgan fingerprint density at radius 2 is 1.55 bits per heavy atom. The monoisotopic (exact) mass is 574 g/mol. The third kappa shape index (κ3) is 9.48. The van der Waals surface area contributed by atoms with Gasteiger partial charge in [0.1, 0.15) is 11.6 Å². The molecule has 4 aromatic rings.